The number of benzene rings is 1. The van der Waals surface area contributed by atoms with Gasteiger partial charge in [-0.3, -0.25) is 14.5 Å². The monoisotopic (exact) mass is 503 g/mol. The van der Waals surface area contributed by atoms with Crippen molar-refractivity contribution in [2.24, 2.45) is 0 Å². The minimum Gasteiger partial charge on any atom is -0.481 e. The molecule has 11 heteroatoms. The van der Waals surface area contributed by atoms with Gasteiger partial charge in [0.2, 0.25) is 0 Å². The minimum atomic E-state index is -4.59. The molecule has 0 aliphatic carbocycles. The maximum Gasteiger partial charge on any atom is 0.417 e. The van der Waals surface area contributed by atoms with Crippen molar-refractivity contribution in [3.8, 4) is 11.3 Å². The number of halogens is 4. The summed E-state index contributed by atoms with van der Waals surface area (Å²) in [6.07, 6.45) is -1.22. The molecule has 1 amide bonds. The van der Waals surface area contributed by atoms with Crippen molar-refractivity contribution in [1.82, 2.24) is 4.90 Å². The SMILES string of the molecule is O=C(O)CCCCCN1C(=O)/C(=C\c2ccc(-c3ccc(Cl)c(C(F)(F)F)c3)o2)SC1=S. The van der Waals surface area contributed by atoms with Crippen molar-refractivity contribution < 1.29 is 32.3 Å². The summed E-state index contributed by atoms with van der Waals surface area (Å²) in [6, 6.07) is 6.55. The number of rotatable bonds is 8. The number of hydrogen-bond acceptors (Lipinski definition) is 5. The van der Waals surface area contributed by atoms with Crippen molar-refractivity contribution in [2.75, 3.05) is 6.54 Å². The van der Waals surface area contributed by atoms with Crippen LogP contribution in [0.25, 0.3) is 17.4 Å². The minimum absolute atomic E-state index is 0.0806. The molecule has 1 aromatic heterocycles. The Morgan fingerprint density at radius 1 is 1.22 bits per heavy atom. The number of carbonyl (C=O) groups excluding carboxylic acids is 1. The second-order valence-electron chi connectivity index (χ2n) is 6.93. The molecule has 170 valence electrons. The maximum atomic E-state index is 13.1. The summed E-state index contributed by atoms with van der Waals surface area (Å²) in [5.41, 5.74) is -0.755. The van der Waals surface area contributed by atoms with Gasteiger partial charge in [0.25, 0.3) is 5.91 Å². The zero-order valence-corrected chi connectivity index (χ0v) is 18.8. The second-order valence-corrected chi connectivity index (χ2v) is 9.02. The maximum absolute atomic E-state index is 13.1. The molecule has 1 N–H and O–H groups in total. The molecular weight excluding hydrogens is 487 g/mol. The molecule has 3 rings (SSSR count). The average molecular weight is 504 g/mol. The molecular formula is C21H17ClF3NO4S2. The number of hydrogen-bond donors (Lipinski definition) is 1. The number of carboxylic acid groups (broad SMARTS) is 1. The van der Waals surface area contributed by atoms with Gasteiger partial charge in [-0.15, -0.1) is 0 Å². The molecule has 1 aliphatic heterocycles. The number of nitrogens with zero attached hydrogens (tertiary/aromatic N) is 1. The Morgan fingerprint density at radius 2 is 1.97 bits per heavy atom. The van der Waals surface area contributed by atoms with Gasteiger partial charge < -0.3 is 9.52 Å². The van der Waals surface area contributed by atoms with Crippen molar-refractivity contribution in [1.29, 1.82) is 0 Å². The highest BCUT2D eigenvalue weighted by Gasteiger charge is 2.34. The first kappa shape index (κ1) is 24.3. The lowest BCUT2D eigenvalue weighted by molar-refractivity contribution is -0.138. The van der Waals surface area contributed by atoms with Crippen LogP contribution >= 0.6 is 35.6 Å². The highest BCUT2D eigenvalue weighted by Crippen LogP contribution is 2.38. The molecule has 0 saturated carbocycles. The van der Waals surface area contributed by atoms with Gasteiger partial charge in [-0.2, -0.15) is 13.2 Å². The number of alkyl halides is 3. The fraction of sp³-hybridized carbons (Fsp3) is 0.286. The highest BCUT2D eigenvalue weighted by molar-refractivity contribution is 8.26. The van der Waals surface area contributed by atoms with Gasteiger partial charge in [0.1, 0.15) is 15.8 Å². The molecule has 0 atom stereocenters. The molecule has 1 aromatic carbocycles. The van der Waals surface area contributed by atoms with Crippen LogP contribution in [-0.4, -0.2) is 32.7 Å². The molecule has 1 saturated heterocycles. The van der Waals surface area contributed by atoms with E-state index in [9.17, 15) is 22.8 Å². The molecule has 0 unspecified atom stereocenters. The first-order chi connectivity index (χ1) is 15.1. The second kappa shape index (κ2) is 10.1. The van der Waals surface area contributed by atoms with Crippen LogP contribution in [0.3, 0.4) is 0 Å². The molecule has 2 aromatic rings. The lowest BCUT2D eigenvalue weighted by Crippen LogP contribution is -2.29. The quantitative estimate of drug-likeness (QED) is 0.253. The molecule has 32 heavy (non-hydrogen) atoms. The molecule has 1 fully saturated rings. The Balaban J connectivity index is 1.69. The number of thiocarbonyl (C=S) groups is 1. The number of aliphatic carboxylic acids is 1. The van der Waals surface area contributed by atoms with Crippen molar-refractivity contribution in [3.05, 3.63) is 51.6 Å². The van der Waals surface area contributed by atoms with Gasteiger partial charge in [-0.25, -0.2) is 0 Å². The van der Waals surface area contributed by atoms with E-state index in [4.69, 9.17) is 33.3 Å². The number of carbonyl (C=O) groups is 2. The zero-order chi connectivity index (χ0) is 23.5. The van der Waals surface area contributed by atoms with Gasteiger partial charge in [0.15, 0.2) is 0 Å². The normalized spacial score (nSPS) is 15.8. The van der Waals surface area contributed by atoms with Crippen LogP contribution in [0, 0.1) is 0 Å². The van der Waals surface area contributed by atoms with Gasteiger partial charge in [-0.1, -0.05) is 42.0 Å². The lowest BCUT2D eigenvalue weighted by atomic mass is 10.1. The number of unbranched alkanes of at least 4 members (excludes halogenated alkanes) is 2. The zero-order valence-electron chi connectivity index (χ0n) is 16.4. The largest absolute Gasteiger partial charge is 0.481 e. The van der Waals surface area contributed by atoms with Crippen molar-refractivity contribution in [3.63, 3.8) is 0 Å². The summed E-state index contributed by atoms with van der Waals surface area (Å²) in [5.74, 6) is -0.649. The predicted molar refractivity (Wildman–Crippen MR) is 120 cm³/mol. The van der Waals surface area contributed by atoms with E-state index >= 15 is 0 Å². The summed E-state index contributed by atoms with van der Waals surface area (Å²) in [4.78, 5) is 25.0. The smallest absolute Gasteiger partial charge is 0.417 e. The van der Waals surface area contributed by atoms with Crippen molar-refractivity contribution in [2.45, 2.75) is 31.9 Å². The van der Waals surface area contributed by atoms with E-state index < -0.39 is 22.7 Å². The summed E-state index contributed by atoms with van der Waals surface area (Å²) >= 11 is 12.0. The lowest BCUT2D eigenvalue weighted by Gasteiger charge is -2.13. The fourth-order valence-corrected chi connectivity index (χ4v) is 4.54. The fourth-order valence-electron chi connectivity index (χ4n) is 3.03. The van der Waals surface area contributed by atoms with E-state index in [-0.39, 0.29) is 23.7 Å². The van der Waals surface area contributed by atoms with Crippen LogP contribution in [-0.2, 0) is 15.8 Å². The molecule has 0 bridgehead atoms. The number of carboxylic acids is 1. The topological polar surface area (TPSA) is 70.8 Å². The van der Waals surface area contributed by atoms with Gasteiger partial charge in [-0.05, 0) is 43.2 Å². The van der Waals surface area contributed by atoms with E-state index in [1.54, 1.807) is 6.07 Å². The van der Waals surface area contributed by atoms with E-state index in [0.717, 1.165) is 23.9 Å². The summed E-state index contributed by atoms with van der Waals surface area (Å²) < 4.78 is 45.3. The Labute approximate surface area is 196 Å². The van der Waals surface area contributed by atoms with E-state index in [0.29, 0.717) is 40.8 Å². The number of furan rings is 1. The molecule has 1 aliphatic rings. The molecule has 0 radical (unpaired) electrons. The van der Waals surface area contributed by atoms with Crippen LogP contribution < -0.4 is 0 Å². The average Bonchev–Trinajstić information content (AvgIpc) is 3.27. The van der Waals surface area contributed by atoms with Crippen molar-refractivity contribution >= 4 is 57.9 Å². The Kier molecular flexibility index (Phi) is 7.68. The van der Waals surface area contributed by atoms with Gasteiger partial charge in [0, 0.05) is 24.6 Å². The summed E-state index contributed by atoms with van der Waals surface area (Å²) in [5, 5.41) is 8.26. The van der Waals surface area contributed by atoms with Gasteiger partial charge in [0.05, 0.1) is 15.5 Å². The highest BCUT2D eigenvalue weighted by atomic mass is 35.5. The van der Waals surface area contributed by atoms with Crippen LogP contribution in [0.4, 0.5) is 13.2 Å². The molecule has 0 spiro atoms. The molecule has 2 heterocycles. The molecule has 5 nitrogen and oxygen atoms in total. The Hall–Kier alpha value is -2.30. The summed E-state index contributed by atoms with van der Waals surface area (Å²) in [7, 11) is 0. The van der Waals surface area contributed by atoms with Gasteiger partial charge >= 0.3 is 12.1 Å². The summed E-state index contributed by atoms with van der Waals surface area (Å²) in [6.45, 7) is 0.385. The van der Waals surface area contributed by atoms with Crippen LogP contribution in [0.5, 0.6) is 0 Å². The van der Waals surface area contributed by atoms with Crippen LogP contribution in [0.1, 0.15) is 37.0 Å². The number of thioether (sulfide) groups is 1. The van der Waals surface area contributed by atoms with Crippen LogP contribution in [0.2, 0.25) is 5.02 Å². The number of amides is 1. The Bertz CT molecular complexity index is 1080. The first-order valence-electron chi connectivity index (χ1n) is 9.50. The predicted octanol–water partition coefficient (Wildman–Crippen LogP) is 6.47. The van der Waals surface area contributed by atoms with E-state index in [1.165, 1.54) is 23.1 Å². The van der Waals surface area contributed by atoms with Crippen LogP contribution in [0.15, 0.2) is 39.7 Å². The standard InChI is InChI=1S/C21H17ClF3NO4S2/c22-15-7-5-12(10-14(15)21(23,24)25)16-8-6-13(30-16)11-17-19(29)26(20(31)32-17)9-3-1-2-4-18(27)28/h5-8,10-11H,1-4,9H2,(H,27,28)/b17-11+. The Morgan fingerprint density at radius 3 is 2.66 bits per heavy atom. The third-order valence-corrected chi connectivity index (χ3v) is 6.31. The third kappa shape index (κ3) is 5.93. The van der Waals surface area contributed by atoms with E-state index in [2.05, 4.69) is 0 Å². The third-order valence-electron chi connectivity index (χ3n) is 4.60. The first-order valence-corrected chi connectivity index (χ1v) is 11.1. The van der Waals surface area contributed by atoms with E-state index in [1.807, 2.05) is 0 Å².